The molecule has 1 N–H and O–H groups in total. The lowest BCUT2D eigenvalue weighted by molar-refractivity contribution is 0.457. The van der Waals surface area contributed by atoms with Gasteiger partial charge in [-0.05, 0) is 33.2 Å². The van der Waals surface area contributed by atoms with Crippen LogP contribution in [0.3, 0.4) is 0 Å². The summed E-state index contributed by atoms with van der Waals surface area (Å²) in [4.78, 5) is 0. The highest BCUT2D eigenvalue weighted by molar-refractivity contribution is 7.17. The van der Waals surface area contributed by atoms with Crippen molar-refractivity contribution in [3.05, 3.63) is 35.2 Å². The molecule has 1 heterocycles. The Balaban J connectivity index is 1.75. The van der Waals surface area contributed by atoms with Crippen LogP contribution in [0, 0.1) is 10.8 Å². The van der Waals surface area contributed by atoms with Gasteiger partial charge < -0.3 is 5.32 Å². The van der Waals surface area contributed by atoms with Gasteiger partial charge in [0.1, 0.15) is 0 Å². The van der Waals surface area contributed by atoms with Gasteiger partial charge in [0.05, 0.1) is 0 Å². The summed E-state index contributed by atoms with van der Waals surface area (Å²) < 4.78 is 1.39. The number of fused-ring (bicyclic) bond motifs is 1. The van der Waals surface area contributed by atoms with Crippen LogP contribution in [0.2, 0.25) is 0 Å². The average Bonchev–Trinajstić information content (AvgIpc) is 2.67. The van der Waals surface area contributed by atoms with Crippen LogP contribution in [0.15, 0.2) is 29.6 Å². The van der Waals surface area contributed by atoms with Crippen LogP contribution in [0.25, 0.3) is 10.1 Å². The van der Waals surface area contributed by atoms with Gasteiger partial charge in [-0.1, -0.05) is 45.9 Å². The van der Waals surface area contributed by atoms with Crippen molar-refractivity contribution in [1.29, 1.82) is 0 Å². The van der Waals surface area contributed by atoms with E-state index in [1.165, 1.54) is 15.6 Å². The Morgan fingerprint density at radius 3 is 2.44 bits per heavy atom. The molecule has 0 atom stereocenters. The van der Waals surface area contributed by atoms with Crippen molar-refractivity contribution in [3.8, 4) is 0 Å². The van der Waals surface area contributed by atoms with Crippen LogP contribution >= 0.6 is 11.3 Å². The van der Waals surface area contributed by atoms with Crippen LogP contribution < -0.4 is 5.32 Å². The Labute approximate surface area is 113 Å². The van der Waals surface area contributed by atoms with Gasteiger partial charge in [-0.15, -0.1) is 11.3 Å². The molecule has 1 nitrogen and oxygen atoms in total. The number of hydrogen-bond acceptors (Lipinski definition) is 2. The molecule has 0 unspecified atom stereocenters. The van der Waals surface area contributed by atoms with E-state index in [2.05, 4.69) is 62.7 Å². The van der Waals surface area contributed by atoms with Gasteiger partial charge >= 0.3 is 0 Å². The Hall–Kier alpha value is -0.860. The van der Waals surface area contributed by atoms with Gasteiger partial charge in [0.25, 0.3) is 0 Å². The fourth-order valence-corrected chi connectivity index (χ4v) is 4.05. The number of rotatable bonds is 3. The minimum Gasteiger partial charge on any atom is -0.309 e. The molecule has 1 aliphatic carbocycles. The van der Waals surface area contributed by atoms with Gasteiger partial charge in [-0.3, -0.25) is 0 Å². The van der Waals surface area contributed by atoms with Crippen LogP contribution in [-0.2, 0) is 6.54 Å². The van der Waals surface area contributed by atoms with Crippen LogP contribution in [-0.4, -0.2) is 6.04 Å². The Kier molecular flexibility index (Phi) is 2.58. The van der Waals surface area contributed by atoms with Gasteiger partial charge in [0.15, 0.2) is 0 Å². The highest BCUT2D eigenvalue weighted by Crippen LogP contribution is 2.62. The highest BCUT2D eigenvalue weighted by Gasteiger charge is 2.64. The lowest BCUT2D eigenvalue weighted by Crippen LogP contribution is -2.21. The van der Waals surface area contributed by atoms with Crippen LogP contribution in [0.5, 0.6) is 0 Å². The number of benzene rings is 1. The number of nitrogens with one attached hydrogen (secondary N) is 1. The van der Waals surface area contributed by atoms with Gasteiger partial charge in [-0.25, -0.2) is 0 Å². The molecular weight excluding hydrogens is 238 g/mol. The fraction of sp³-hybridized carbons (Fsp3) is 0.500. The highest BCUT2D eigenvalue weighted by atomic mass is 32.1. The normalized spacial score (nSPS) is 21.3. The molecule has 3 rings (SSSR count). The second-order valence-electron chi connectivity index (χ2n) is 6.51. The van der Waals surface area contributed by atoms with Crippen molar-refractivity contribution in [2.45, 2.75) is 40.3 Å². The third-order valence-corrected chi connectivity index (χ3v) is 6.09. The van der Waals surface area contributed by atoms with E-state index < -0.39 is 0 Å². The van der Waals surface area contributed by atoms with Crippen molar-refractivity contribution in [1.82, 2.24) is 5.32 Å². The first-order valence-corrected chi connectivity index (χ1v) is 7.51. The summed E-state index contributed by atoms with van der Waals surface area (Å²) in [5.41, 5.74) is 2.27. The smallest absolute Gasteiger partial charge is 0.0346 e. The summed E-state index contributed by atoms with van der Waals surface area (Å²) in [6.45, 7) is 10.4. The molecule has 2 aromatic rings. The second kappa shape index (κ2) is 3.82. The predicted molar refractivity (Wildman–Crippen MR) is 80.0 cm³/mol. The van der Waals surface area contributed by atoms with E-state index >= 15 is 0 Å². The van der Waals surface area contributed by atoms with Crippen molar-refractivity contribution < 1.29 is 0 Å². The molecular formula is C16H21NS. The number of hydrogen-bond donors (Lipinski definition) is 1. The molecule has 0 saturated heterocycles. The molecule has 18 heavy (non-hydrogen) atoms. The Morgan fingerprint density at radius 2 is 1.78 bits per heavy atom. The van der Waals surface area contributed by atoms with Crippen molar-refractivity contribution in [3.63, 3.8) is 0 Å². The predicted octanol–water partition coefficient (Wildman–Crippen LogP) is 4.43. The van der Waals surface area contributed by atoms with Gasteiger partial charge in [-0.2, -0.15) is 0 Å². The topological polar surface area (TPSA) is 12.0 Å². The minimum absolute atomic E-state index is 0.416. The molecule has 2 heteroatoms. The summed E-state index contributed by atoms with van der Waals surface area (Å²) in [6.07, 6.45) is 0. The van der Waals surface area contributed by atoms with Gasteiger partial charge in [0, 0.05) is 17.3 Å². The largest absolute Gasteiger partial charge is 0.309 e. The first kappa shape index (κ1) is 12.2. The van der Waals surface area contributed by atoms with Crippen molar-refractivity contribution in [2.75, 3.05) is 0 Å². The summed E-state index contributed by atoms with van der Waals surface area (Å²) in [5.74, 6) is 0. The molecule has 0 amide bonds. The molecule has 96 valence electrons. The summed E-state index contributed by atoms with van der Waals surface area (Å²) in [5, 5.41) is 7.44. The molecule has 0 aliphatic heterocycles. The molecule has 1 aliphatic rings. The summed E-state index contributed by atoms with van der Waals surface area (Å²) in [7, 11) is 0. The maximum Gasteiger partial charge on any atom is 0.0346 e. The lowest BCUT2D eigenvalue weighted by Gasteiger charge is -2.05. The minimum atomic E-state index is 0.416. The van der Waals surface area contributed by atoms with E-state index in [1.807, 2.05) is 11.3 Å². The van der Waals surface area contributed by atoms with E-state index in [9.17, 15) is 0 Å². The lowest BCUT2D eigenvalue weighted by atomic mass is 10.0. The maximum absolute atomic E-state index is 3.74. The monoisotopic (exact) mass is 259 g/mol. The second-order valence-corrected chi connectivity index (χ2v) is 7.43. The molecule has 1 aromatic heterocycles. The van der Waals surface area contributed by atoms with E-state index in [0.717, 1.165) is 6.54 Å². The van der Waals surface area contributed by atoms with E-state index in [0.29, 0.717) is 16.9 Å². The maximum atomic E-state index is 3.74. The standard InChI is InChI=1S/C16H21NS/c1-15(2)14(16(15,3)4)17-9-11-10-18-13-8-6-5-7-12(11)13/h5-8,10,14,17H,9H2,1-4H3. The first-order valence-electron chi connectivity index (χ1n) is 6.63. The zero-order valence-electron chi connectivity index (χ0n) is 11.6. The molecule has 0 bridgehead atoms. The van der Waals surface area contributed by atoms with E-state index in [1.54, 1.807) is 0 Å². The van der Waals surface area contributed by atoms with Crippen LogP contribution in [0.4, 0.5) is 0 Å². The molecule has 0 spiro atoms. The molecule has 1 aromatic carbocycles. The molecule has 0 radical (unpaired) electrons. The van der Waals surface area contributed by atoms with Crippen molar-refractivity contribution in [2.24, 2.45) is 10.8 Å². The Morgan fingerprint density at radius 1 is 1.11 bits per heavy atom. The van der Waals surface area contributed by atoms with E-state index in [-0.39, 0.29) is 0 Å². The average molecular weight is 259 g/mol. The molecule has 1 saturated carbocycles. The van der Waals surface area contributed by atoms with Crippen molar-refractivity contribution >= 4 is 21.4 Å². The first-order chi connectivity index (χ1) is 8.44. The third-order valence-electron chi connectivity index (χ3n) is 5.08. The summed E-state index contributed by atoms with van der Waals surface area (Å²) in [6, 6.07) is 9.30. The molecule has 1 fully saturated rings. The number of thiophene rings is 1. The fourth-order valence-electron chi connectivity index (χ4n) is 3.09. The quantitative estimate of drug-likeness (QED) is 0.860. The van der Waals surface area contributed by atoms with E-state index in [4.69, 9.17) is 0 Å². The zero-order chi connectivity index (χ0) is 13.0. The summed E-state index contributed by atoms with van der Waals surface area (Å²) >= 11 is 1.85. The Bertz CT molecular complexity index is 566. The zero-order valence-corrected chi connectivity index (χ0v) is 12.4. The SMILES string of the molecule is CC1(C)C(NCc2csc3ccccc23)C1(C)C. The van der Waals surface area contributed by atoms with Crippen LogP contribution in [0.1, 0.15) is 33.3 Å². The third kappa shape index (κ3) is 1.63. The van der Waals surface area contributed by atoms with Gasteiger partial charge in [0.2, 0.25) is 0 Å².